The summed E-state index contributed by atoms with van der Waals surface area (Å²) < 4.78 is 0. The van der Waals surface area contributed by atoms with E-state index in [1.165, 1.54) is 18.2 Å². The molecule has 0 unspecified atom stereocenters. The van der Waals surface area contributed by atoms with Crippen LogP contribution in [0.15, 0.2) is 18.2 Å². The van der Waals surface area contributed by atoms with Gasteiger partial charge in [0.15, 0.2) is 0 Å². The second kappa shape index (κ2) is 5.71. The zero-order valence-corrected chi connectivity index (χ0v) is 11.6. The van der Waals surface area contributed by atoms with Crippen molar-refractivity contribution in [1.29, 1.82) is 0 Å². The van der Waals surface area contributed by atoms with Gasteiger partial charge < -0.3 is 15.5 Å². The summed E-state index contributed by atoms with van der Waals surface area (Å²) in [5.74, 6) is -1.44. The van der Waals surface area contributed by atoms with Crippen LogP contribution in [-0.2, 0) is 4.79 Å². The maximum absolute atomic E-state index is 12.3. The molecule has 0 heterocycles. The zero-order chi connectivity index (χ0) is 14.8. The molecule has 2 rings (SSSR count). The molecular formula is C14H16ClNO4. The minimum absolute atomic E-state index is 0.0572. The molecule has 0 saturated heterocycles. The first-order chi connectivity index (χ1) is 9.42. The molecule has 6 heteroatoms. The fraction of sp³-hybridized carbons (Fsp3) is 0.429. The highest BCUT2D eigenvalue weighted by atomic mass is 35.5. The molecular weight excluding hydrogens is 282 g/mol. The number of hydrogen-bond acceptors (Lipinski definition) is 3. The van der Waals surface area contributed by atoms with E-state index in [1.54, 1.807) is 0 Å². The van der Waals surface area contributed by atoms with Gasteiger partial charge in [0.1, 0.15) is 5.75 Å². The third-order valence-corrected chi connectivity index (χ3v) is 3.95. The van der Waals surface area contributed by atoms with Crippen LogP contribution in [0.25, 0.3) is 0 Å². The van der Waals surface area contributed by atoms with Crippen molar-refractivity contribution in [2.75, 3.05) is 0 Å². The van der Waals surface area contributed by atoms with Crippen molar-refractivity contribution in [2.24, 2.45) is 0 Å². The summed E-state index contributed by atoms with van der Waals surface area (Å²) in [4.78, 5) is 23.2. The molecule has 108 valence electrons. The fourth-order valence-electron chi connectivity index (χ4n) is 2.68. The summed E-state index contributed by atoms with van der Waals surface area (Å²) in [6.45, 7) is 0. The Hall–Kier alpha value is -1.75. The number of phenolic OH excluding ortho intramolecular Hbond substituents is 1. The Morgan fingerprint density at radius 2 is 1.95 bits per heavy atom. The van der Waals surface area contributed by atoms with Crippen LogP contribution in [0.5, 0.6) is 5.75 Å². The van der Waals surface area contributed by atoms with Gasteiger partial charge in [0.25, 0.3) is 5.91 Å². The second-order valence-corrected chi connectivity index (χ2v) is 5.58. The van der Waals surface area contributed by atoms with Gasteiger partial charge in [0, 0.05) is 0 Å². The molecule has 0 spiro atoms. The average molecular weight is 298 g/mol. The number of carboxylic acids is 1. The largest absolute Gasteiger partial charge is 0.508 e. The van der Waals surface area contributed by atoms with Crippen molar-refractivity contribution in [3.63, 3.8) is 0 Å². The summed E-state index contributed by atoms with van der Waals surface area (Å²) in [7, 11) is 0. The molecule has 0 atom stereocenters. The predicted octanol–water partition coefficient (Wildman–Crippen LogP) is 2.56. The molecule has 0 aliphatic heterocycles. The topological polar surface area (TPSA) is 86.6 Å². The molecule has 0 bridgehead atoms. The molecule has 1 aliphatic rings. The number of carboxylic acid groups (broad SMARTS) is 1. The van der Waals surface area contributed by atoms with Gasteiger partial charge in [-0.2, -0.15) is 0 Å². The molecule has 0 radical (unpaired) electrons. The van der Waals surface area contributed by atoms with Crippen LogP contribution >= 0.6 is 11.6 Å². The molecule has 1 saturated carbocycles. The number of nitrogens with one attached hydrogen (secondary N) is 1. The van der Waals surface area contributed by atoms with Crippen LogP contribution in [0, 0.1) is 0 Å². The maximum Gasteiger partial charge on any atom is 0.305 e. The van der Waals surface area contributed by atoms with E-state index >= 15 is 0 Å². The monoisotopic (exact) mass is 297 g/mol. The van der Waals surface area contributed by atoms with Crippen LogP contribution in [0.2, 0.25) is 5.02 Å². The van der Waals surface area contributed by atoms with Crippen molar-refractivity contribution >= 4 is 23.5 Å². The van der Waals surface area contributed by atoms with E-state index in [4.69, 9.17) is 16.7 Å². The van der Waals surface area contributed by atoms with Crippen molar-refractivity contribution in [2.45, 2.75) is 37.6 Å². The van der Waals surface area contributed by atoms with Gasteiger partial charge in [0.05, 0.1) is 22.5 Å². The zero-order valence-electron chi connectivity index (χ0n) is 10.9. The normalized spacial score (nSPS) is 16.9. The summed E-state index contributed by atoms with van der Waals surface area (Å²) in [6.07, 6.45) is 2.96. The molecule has 1 aliphatic carbocycles. The number of halogens is 1. The van der Waals surface area contributed by atoms with Gasteiger partial charge in [-0.25, -0.2) is 0 Å². The highest BCUT2D eigenvalue weighted by Gasteiger charge is 2.37. The Kier molecular flexibility index (Phi) is 4.18. The van der Waals surface area contributed by atoms with Gasteiger partial charge in [-0.05, 0) is 31.0 Å². The summed E-state index contributed by atoms with van der Waals surface area (Å²) in [5.41, 5.74) is -0.555. The number of carbonyl (C=O) groups excluding carboxylic acids is 1. The maximum atomic E-state index is 12.3. The van der Waals surface area contributed by atoms with Crippen molar-refractivity contribution < 1.29 is 19.8 Å². The Labute approximate surface area is 121 Å². The Morgan fingerprint density at radius 1 is 1.30 bits per heavy atom. The molecule has 1 amide bonds. The number of hydrogen-bond donors (Lipinski definition) is 3. The first-order valence-corrected chi connectivity index (χ1v) is 6.82. The number of aliphatic carboxylic acids is 1. The fourth-order valence-corrected chi connectivity index (χ4v) is 2.89. The number of amides is 1. The Balaban J connectivity index is 2.20. The quantitative estimate of drug-likeness (QED) is 0.797. The number of benzene rings is 1. The van der Waals surface area contributed by atoms with Gasteiger partial charge in [-0.3, -0.25) is 9.59 Å². The lowest BCUT2D eigenvalue weighted by molar-refractivity contribution is -0.138. The van der Waals surface area contributed by atoms with Crippen LogP contribution in [0.4, 0.5) is 0 Å². The van der Waals surface area contributed by atoms with E-state index in [1.807, 2.05) is 0 Å². The van der Waals surface area contributed by atoms with Crippen LogP contribution in [0.3, 0.4) is 0 Å². The standard InChI is InChI=1S/C14H16ClNO4/c15-11-4-3-9(17)7-10(11)13(20)16-14(8-12(18)19)5-1-2-6-14/h3-4,7,17H,1-2,5-6,8H2,(H,16,20)(H,18,19). The first-order valence-electron chi connectivity index (χ1n) is 6.45. The van der Waals surface area contributed by atoms with Crippen molar-refractivity contribution in [1.82, 2.24) is 5.32 Å². The number of aromatic hydroxyl groups is 1. The first kappa shape index (κ1) is 14.7. The van der Waals surface area contributed by atoms with Gasteiger partial charge in [-0.15, -0.1) is 0 Å². The Bertz CT molecular complexity index is 538. The molecule has 0 aromatic heterocycles. The van der Waals surface area contributed by atoms with Gasteiger partial charge >= 0.3 is 5.97 Å². The van der Waals surface area contributed by atoms with Gasteiger partial charge in [-0.1, -0.05) is 24.4 Å². The highest BCUT2D eigenvalue weighted by molar-refractivity contribution is 6.33. The average Bonchev–Trinajstić information content (AvgIpc) is 2.79. The summed E-state index contributed by atoms with van der Waals surface area (Å²) in [5, 5.41) is 21.4. The van der Waals surface area contributed by atoms with E-state index in [9.17, 15) is 14.7 Å². The lowest BCUT2D eigenvalue weighted by atomic mass is 9.92. The lowest BCUT2D eigenvalue weighted by Gasteiger charge is -2.28. The van der Waals surface area contributed by atoms with Crippen molar-refractivity contribution in [3.8, 4) is 5.75 Å². The number of carbonyl (C=O) groups is 2. The molecule has 1 fully saturated rings. The lowest BCUT2D eigenvalue weighted by Crippen LogP contribution is -2.47. The van der Waals surface area contributed by atoms with E-state index in [0.29, 0.717) is 12.8 Å². The SMILES string of the molecule is O=C(O)CC1(NC(=O)c2cc(O)ccc2Cl)CCCC1. The molecule has 20 heavy (non-hydrogen) atoms. The molecule has 1 aromatic carbocycles. The smallest absolute Gasteiger partial charge is 0.305 e. The Morgan fingerprint density at radius 3 is 2.55 bits per heavy atom. The van der Waals surface area contributed by atoms with Gasteiger partial charge in [0.2, 0.25) is 0 Å². The summed E-state index contributed by atoms with van der Waals surface area (Å²) >= 11 is 5.94. The van der Waals surface area contributed by atoms with Crippen LogP contribution in [0.1, 0.15) is 42.5 Å². The van der Waals surface area contributed by atoms with E-state index in [2.05, 4.69) is 5.32 Å². The number of phenols is 1. The predicted molar refractivity (Wildman–Crippen MR) is 74.0 cm³/mol. The van der Waals surface area contributed by atoms with E-state index in [-0.39, 0.29) is 22.8 Å². The minimum atomic E-state index is -0.936. The molecule has 5 nitrogen and oxygen atoms in total. The highest BCUT2D eigenvalue weighted by Crippen LogP contribution is 2.33. The van der Waals surface area contributed by atoms with Crippen LogP contribution < -0.4 is 5.32 Å². The molecule has 1 aromatic rings. The van der Waals surface area contributed by atoms with Crippen LogP contribution in [-0.4, -0.2) is 27.6 Å². The van der Waals surface area contributed by atoms with E-state index in [0.717, 1.165) is 12.8 Å². The third-order valence-electron chi connectivity index (χ3n) is 3.62. The molecule has 3 N–H and O–H groups in total. The third kappa shape index (κ3) is 3.22. The van der Waals surface area contributed by atoms with Crippen molar-refractivity contribution in [3.05, 3.63) is 28.8 Å². The summed E-state index contributed by atoms with van der Waals surface area (Å²) in [6, 6.07) is 4.10. The number of rotatable bonds is 4. The minimum Gasteiger partial charge on any atom is -0.508 e. The second-order valence-electron chi connectivity index (χ2n) is 5.18. The van der Waals surface area contributed by atoms with E-state index < -0.39 is 17.4 Å².